The quantitative estimate of drug-likeness (QED) is 0.601. The van der Waals surface area contributed by atoms with Crippen molar-refractivity contribution in [3.05, 3.63) is 90.0 Å². The van der Waals surface area contributed by atoms with Gasteiger partial charge in [0.2, 0.25) is 0 Å². The number of rotatable bonds is 3. The van der Waals surface area contributed by atoms with E-state index >= 15 is 0 Å². The highest BCUT2D eigenvalue weighted by molar-refractivity contribution is 7.51. The average Bonchev–Trinajstić information content (AvgIpc) is 2.85. The van der Waals surface area contributed by atoms with Crippen LogP contribution in [0.25, 0.3) is 12.2 Å². The van der Waals surface area contributed by atoms with Crippen LogP contribution < -0.4 is 14.5 Å². The van der Waals surface area contributed by atoms with Crippen molar-refractivity contribution < 1.29 is 18.8 Å². The van der Waals surface area contributed by atoms with Crippen LogP contribution in [0.2, 0.25) is 0 Å². The topological polar surface area (TPSA) is 78.9 Å². The molecule has 1 unspecified atom stereocenters. The van der Waals surface area contributed by atoms with Crippen LogP contribution in [0.3, 0.4) is 0 Å². The summed E-state index contributed by atoms with van der Waals surface area (Å²) < 4.78 is 17.6. The number of carbonyl (C=O) groups excluding carboxylic acids is 1. The molecule has 1 aliphatic rings. The van der Waals surface area contributed by atoms with E-state index in [1.54, 1.807) is 42.5 Å². The van der Waals surface area contributed by atoms with Gasteiger partial charge in [0.1, 0.15) is 5.75 Å². The normalized spacial score (nSPS) is 14.2. The maximum Gasteiger partial charge on any atom is 0.487 e. The third kappa shape index (κ3) is 3.69. The van der Waals surface area contributed by atoms with Gasteiger partial charge in [-0.1, -0.05) is 66.7 Å². The maximum atomic E-state index is 13.1. The lowest BCUT2D eigenvalue weighted by atomic mass is 10.1. The predicted molar refractivity (Wildman–Crippen MR) is 109 cm³/mol. The molecule has 6 nitrogen and oxygen atoms in total. The lowest BCUT2D eigenvalue weighted by molar-refractivity contribution is 0.250. The van der Waals surface area contributed by atoms with Gasteiger partial charge in [-0.15, -0.1) is 0 Å². The van der Waals surface area contributed by atoms with Gasteiger partial charge in [-0.05, 0) is 35.4 Å². The first kappa shape index (κ1) is 18.0. The maximum absolute atomic E-state index is 13.1. The van der Waals surface area contributed by atoms with Gasteiger partial charge in [0.25, 0.3) is 0 Å². The largest absolute Gasteiger partial charge is 0.487 e. The summed E-state index contributed by atoms with van der Waals surface area (Å²) in [6, 6.07) is 22.1. The number of para-hydroxylation sites is 3. The van der Waals surface area contributed by atoms with Crippen molar-refractivity contribution >= 4 is 37.3 Å². The van der Waals surface area contributed by atoms with E-state index in [1.165, 1.54) is 17.0 Å². The van der Waals surface area contributed by atoms with Crippen molar-refractivity contribution in [1.29, 1.82) is 0 Å². The predicted octanol–water partition coefficient (Wildman–Crippen LogP) is 5.20. The Balaban J connectivity index is 1.69. The van der Waals surface area contributed by atoms with Crippen molar-refractivity contribution in [1.82, 2.24) is 5.09 Å². The highest BCUT2D eigenvalue weighted by Gasteiger charge is 2.31. The summed E-state index contributed by atoms with van der Waals surface area (Å²) in [6.45, 7) is 0. The molecule has 0 fully saturated rings. The van der Waals surface area contributed by atoms with Crippen molar-refractivity contribution in [2.24, 2.45) is 0 Å². The molecule has 0 radical (unpaired) electrons. The minimum atomic E-state index is -4.44. The van der Waals surface area contributed by atoms with Crippen LogP contribution in [0.15, 0.2) is 78.9 Å². The number of hydrogen-bond donors (Lipinski definition) is 2. The highest BCUT2D eigenvalue weighted by Crippen LogP contribution is 2.41. The second-order valence-corrected chi connectivity index (χ2v) is 7.58. The number of nitrogens with zero attached hydrogens (tertiary/aromatic N) is 1. The van der Waals surface area contributed by atoms with E-state index in [9.17, 15) is 14.3 Å². The molecule has 0 saturated carbocycles. The number of hydrogen-bond acceptors (Lipinski definition) is 3. The van der Waals surface area contributed by atoms with Gasteiger partial charge < -0.3 is 4.52 Å². The standard InChI is InChI=1S/C21H17N2O4P/c24-21(22-28(25,26)27-18-10-2-1-3-11-18)23-19-12-6-4-8-16(19)14-15-17-9-5-7-13-20(17)23/h1-15H,(H2,22,24,25,26). The first-order chi connectivity index (χ1) is 13.5. The summed E-state index contributed by atoms with van der Waals surface area (Å²) in [5.74, 6) is 0.187. The van der Waals surface area contributed by atoms with E-state index in [-0.39, 0.29) is 5.75 Å². The van der Waals surface area contributed by atoms with Crippen molar-refractivity contribution in [2.75, 3.05) is 4.90 Å². The molecule has 3 aromatic rings. The van der Waals surface area contributed by atoms with Crippen LogP contribution in [-0.4, -0.2) is 10.9 Å². The molecule has 7 heteroatoms. The zero-order valence-electron chi connectivity index (χ0n) is 14.7. The molecule has 0 spiro atoms. The van der Waals surface area contributed by atoms with Gasteiger partial charge in [0.15, 0.2) is 0 Å². The van der Waals surface area contributed by atoms with Crippen LogP contribution in [0.1, 0.15) is 11.1 Å². The van der Waals surface area contributed by atoms with Gasteiger partial charge in [-0.2, -0.15) is 0 Å². The second kappa shape index (κ2) is 7.35. The molecule has 0 aliphatic carbocycles. The van der Waals surface area contributed by atoms with Crippen LogP contribution in [0.4, 0.5) is 16.2 Å². The fourth-order valence-corrected chi connectivity index (χ4v) is 3.81. The van der Waals surface area contributed by atoms with Crippen molar-refractivity contribution in [2.45, 2.75) is 0 Å². The first-order valence-electron chi connectivity index (χ1n) is 8.59. The van der Waals surface area contributed by atoms with Crippen molar-refractivity contribution in [3.63, 3.8) is 0 Å². The van der Waals surface area contributed by atoms with Gasteiger partial charge in [0.05, 0.1) is 11.4 Å². The van der Waals surface area contributed by atoms with Gasteiger partial charge in [-0.25, -0.2) is 14.4 Å². The molecule has 3 aromatic carbocycles. The Morgan fingerprint density at radius 3 is 1.89 bits per heavy atom. The number of anilines is 2. The first-order valence-corrected chi connectivity index (χ1v) is 10.2. The Hall–Kier alpha value is -3.34. The van der Waals surface area contributed by atoms with E-state index in [0.717, 1.165) is 11.1 Å². The number of benzene rings is 3. The van der Waals surface area contributed by atoms with Crippen LogP contribution >= 0.6 is 7.75 Å². The summed E-state index contributed by atoms with van der Waals surface area (Å²) in [6.07, 6.45) is 3.81. The summed E-state index contributed by atoms with van der Waals surface area (Å²) in [5.41, 5.74) is 2.82. The fourth-order valence-electron chi connectivity index (χ4n) is 3.01. The SMILES string of the molecule is O=C(NP(=O)(O)Oc1ccccc1)N1c2ccccc2C=Cc2ccccc21. The molecule has 2 amide bonds. The molecule has 4 rings (SSSR count). The van der Waals surface area contributed by atoms with E-state index in [2.05, 4.69) is 5.09 Å². The number of nitrogens with one attached hydrogen (secondary N) is 1. The average molecular weight is 392 g/mol. The molecular weight excluding hydrogens is 375 g/mol. The van der Waals surface area contributed by atoms with E-state index in [0.29, 0.717) is 11.4 Å². The van der Waals surface area contributed by atoms with Gasteiger partial charge in [-0.3, -0.25) is 9.79 Å². The summed E-state index contributed by atoms with van der Waals surface area (Å²) >= 11 is 0. The van der Waals surface area contributed by atoms with Crippen molar-refractivity contribution in [3.8, 4) is 5.75 Å². The smallest absolute Gasteiger partial charge is 0.409 e. The molecule has 0 bridgehead atoms. The van der Waals surface area contributed by atoms with Crippen LogP contribution in [0.5, 0.6) is 5.75 Å². The Kier molecular flexibility index (Phi) is 4.74. The number of fused-ring (bicyclic) bond motifs is 2. The Morgan fingerprint density at radius 2 is 1.32 bits per heavy atom. The van der Waals surface area contributed by atoms with E-state index in [1.807, 2.05) is 36.4 Å². The molecular formula is C21H17N2O4P. The Morgan fingerprint density at radius 1 is 0.821 bits per heavy atom. The fraction of sp³-hybridized carbons (Fsp3) is 0. The molecule has 1 aliphatic heterocycles. The minimum Gasteiger partial charge on any atom is -0.409 e. The van der Waals surface area contributed by atoms with Crippen LogP contribution in [-0.2, 0) is 4.57 Å². The van der Waals surface area contributed by atoms with E-state index in [4.69, 9.17) is 4.52 Å². The summed E-state index contributed by atoms with van der Waals surface area (Å²) in [7, 11) is -4.44. The third-order valence-electron chi connectivity index (χ3n) is 4.21. The summed E-state index contributed by atoms with van der Waals surface area (Å²) in [4.78, 5) is 24.6. The van der Waals surface area contributed by atoms with E-state index < -0.39 is 13.8 Å². The highest BCUT2D eigenvalue weighted by atomic mass is 31.2. The minimum absolute atomic E-state index is 0.187. The Labute approximate surface area is 162 Å². The third-order valence-corrected chi connectivity index (χ3v) is 5.14. The Bertz CT molecular complexity index is 1050. The number of urea groups is 1. The molecule has 28 heavy (non-hydrogen) atoms. The van der Waals surface area contributed by atoms with Gasteiger partial charge >= 0.3 is 13.8 Å². The molecule has 0 aromatic heterocycles. The second-order valence-electron chi connectivity index (χ2n) is 6.13. The number of amides is 2. The molecule has 0 saturated heterocycles. The monoisotopic (exact) mass is 392 g/mol. The zero-order valence-corrected chi connectivity index (χ0v) is 15.6. The molecule has 140 valence electrons. The zero-order chi connectivity index (χ0) is 19.6. The lowest BCUT2D eigenvalue weighted by Crippen LogP contribution is -2.36. The molecule has 2 N–H and O–H groups in total. The lowest BCUT2D eigenvalue weighted by Gasteiger charge is -2.26. The van der Waals surface area contributed by atoms with Gasteiger partial charge in [0, 0.05) is 0 Å². The molecule has 1 heterocycles. The van der Waals surface area contributed by atoms with Crippen LogP contribution in [0, 0.1) is 0 Å². The number of carbonyl (C=O) groups is 1. The summed E-state index contributed by atoms with van der Waals surface area (Å²) in [5, 5.41) is 2.13. The molecule has 1 atom stereocenters.